The van der Waals surface area contributed by atoms with Crippen LogP contribution in [0.5, 0.6) is 0 Å². The van der Waals surface area contributed by atoms with Gasteiger partial charge in [0.1, 0.15) is 12.4 Å². The van der Waals surface area contributed by atoms with Crippen LogP contribution in [0.4, 0.5) is 0 Å². The van der Waals surface area contributed by atoms with Crippen molar-refractivity contribution >= 4 is 11.8 Å². The molecule has 218 valence electrons. The topological polar surface area (TPSA) is 43.4 Å². The number of rotatable bonds is 3. The predicted octanol–water partition coefficient (Wildman–Crippen LogP) is 8.96. The molecule has 3 nitrogen and oxygen atoms in total. The van der Waals surface area contributed by atoms with Crippen molar-refractivity contribution in [1.29, 1.82) is 0 Å². The maximum atomic E-state index is 14.2. The standard InChI is InChI=1S/C37H52O3/c1-24-15-20-37(32(39)40-23-26-11-9-8-10-12-26)22-21-35(6)27(31(37)25(24)2)13-14-29-34(5)18-17-30(38)33(3,4)28(34)16-19-36(29,35)7/h8-13,24-25,28-29,31H,14-23H2,1-7H3/t24-,25+,28?,29-,31+,34+,35-,36-,37+/m1/s1. The minimum atomic E-state index is -0.407. The first-order valence-electron chi connectivity index (χ1n) is 16.3. The van der Waals surface area contributed by atoms with Crippen LogP contribution in [0.15, 0.2) is 42.0 Å². The molecule has 0 radical (unpaired) electrons. The van der Waals surface area contributed by atoms with Crippen LogP contribution in [-0.4, -0.2) is 11.8 Å². The summed E-state index contributed by atoms with van der Waals surface area (Å²) >= 11 is 0. The molecule has 1 aromatic rings. The number of allylic oxidation sites excluding steroid dienone is 2. The molecule has 0 bridgehead atoms. The van der Waals surface area contributed by atoms with Crippen molar-refractivity contribution < 1.29 is 14.3 Å². The Bertz CT molecular complexity index is 1210. The van der Waals surface area contributed by atoms with Crippen molar-refractivity contribution in [3.8, 4) is 0 Å². The van der Waals surface area contributed by atoms with E-state index in [0.717, 1.165) is 56.9 Å². The van der Waals surface area contributed by atoms with Crippen LogP contribution in [0.1, 0.15) is 112 Å². The highest BCUT2D eigenvalue weighted by molar-refractivity contribution is 5.85. The normalized spacial score (nSPS) is 45.7. The fourth-order valence-electron chi connectivity index (χ4n) is 11.5. The smallest absolute Gasteiger partial charge is 0.313 e. The zero-order chi connectivity index (χ0) is 28.7. The Hall–Kier alpha value is -1.90. The number of esters is 1. The van der Waals surface area contributed by atoms with Crippen LogP contribution in [0.3, 0.4) is 0 Å². The molecule has 1 aromatic carbocycles. The number of benzene rings is 1. The van der Waals surface area contributed by atoms with E-state index in [4.69, 9.17) is 4.74 Å². The first kappa shape index (κ1) is 28.2. The van der Waals surface area contributed by atoms with Gasteiger partial charge in [-0.15, -0.1) is 0 Å². The number of carbonyl (C=O) groups is 2. The van der Waals surface area contributed by atoms with Crippen LogP contribution in [0.25, 0.3) is 0 Å². The molecular weight excluding hydrogens is 492 g/mol. The average molecular weight is 545 g/mol. The lowest BCUT2D eigenvalue weighted by Gasteiger charge is -2.70. The van der Waals surface area contributed by atoms with E-state index in [1.54, 1.807) is 5.57 Å². The van der Waals surface area contributed by atoms with Crippen LogP contribution >= 0.6 is 0 Å². The molecule has 0 heterocycles. The second-order valence-corrected chi connectivity index (χ2v) is 16.0. The molecule has 4 fully saturated rings. The van der Waals surface area contributed by atoms with Gasteiger partial charge in [-0.3, -0.25) is 9.59 Å². The summed E-state index contributed by atoms with van der Waals surface area (Å²) in [6.07, 6.45) is 11.9. The van der Waals surface area contributed by atoms with E-state index in [0.29, 0.717) is 36.1 Å². The summed E-state index contributed by atoms with van der Waals surface area (Å²) in [7, 11) is 0. The number of ketones is 1. The Balaban J connectivity index is 1.38. The molecule has 6 rings (SSSR count). The zero-order valence-corrected chi connectivity index (χ0v) is 26.1. The molecule has 4 saturated carbocycles. The highest BCUT2D eigenvalue weighted by atomic mass is 16.5. The molecule has 0 N–H and O–H groups in total. The van der Waals surface area contributed by atoms with E-state index in [1.165, 1.54) is 6.42 Å². The van der Waals surface area contributed by atoms with E-state index in [-0.39, 0.29) is 33.5 Å². The third kappa shape index (κ3) is 3.67. The Morgan fingerprint density at radius 1 is 0.900 bits per heavy atom. The summed E-state index contributed by atoms with van der Waals surface area (Å²) < 4.78 is 6.18. The first-order chi connectivity index (χ1) is 18.8. The maximum Gasteiger partial charge on any atom is 0.313 e. The minimum Gasteiger partial charge on any atom is -0.460 e. The molecule has 40 heavy (non-hydrogen) atoms. The van der Waals surface area contributed by atoms with Crippen LogP contribution in [-0.2, 0) is 20.9 Å². The molecule has 3 heteroatoms. The molecule has 9 atom stereocenters. The maximum absolute atomic E-state index is 14.2. The van der Waals surface area contributed by atoms with Crippen molar-refractivity contribution in [3.63, 3.8) is 0 Å². The number of ether oxygens (including phenoxy) is 1. The van der Waals surface area contributed by atoms with Crippen molar-refractivity contribution in [2.24, 2.45) is 56.7 Å². The largest absolute Gasteiger partial charge is 0.460 e. The first-order valence-corrected chi connectivity index (χ1v) is 16.3. The summed E-state index contributed by atoms with van der Waals surface area (Å²) in [6.45, 7) is 17.4. The Morgan fingerprint density at radius 3 is 2.35 bits per heavy atom. The van der Waals surface area contributed by atoms with Gasteiger partial charge >= 0.3 is 5.97 Å². The van der Waals surface area contributed by atoms with Gasteiger partial charge in [0.25, 0.3) is 0 Å². The number of fused-ring (bicyclic) bond motifs is 7. The van der Waals surface area contributed by atoms with Gasteiger partial charge in [-0.1, -0.05) is 90.4 Å². The second-order valence-electron chi connectivity index (χ2n) is 16.0. The lowest BCUT2D eigenvalue weighted by atomic mass is 9.33. The lowest BCUT2D eigenvalue weighted by molar-refractivity contribution is -0.193. The van der Waals surface area contributed by atoms with Crippen LogP contribution < -0.4 is 0 Å². The summed E-state index contributed by atoms with van der Waals surface area (Å²) in [5.41, 5.74) is 2.46. The van der Waals surface area contributed by atoms with Crippen LogP contribution in [0, 0.1) is 56.7 Å². The summed E-state index contributed by atoms with van der Waals surface area (Å²) in [6, 6.07) is 10.1. The Kier molecular flexibility index (Phi) is 6.56. The molecule has 0 amide bonds. The average Bonchev–Trinajstić information content (AvgIpc) is 2.92. The molecule has 0 saturated heterocycles. The number of hydrogen-bond acceptors (Lipinski definition) is 3. The second kappa shape index (κ2) is 9.30. The van der Waals surface area contributed by atoms with Gasteiger partial charge in [-0.25, -0.2) is 0 Å². The summed E-state index contributed by atoms with van der Waals surface area (Å²) in [5.74, 6) is 2.87. The highest BCUT2D eigenvalue weighted by Crippen LogP contribution is 2.75. The van der Waals surface area contributed by atoms with Crippen molar-refractivity contribution in [2.45, 2.75) is 113 Å². The zero-order valence-electron chi connectivity index (χ0n) is 26.1. The molecule has 0 aliphatic heterocycles. The molecule has 5 aliphatic carbocycles. The lowest BCUT2D eigenvalue weighted by Crippen LogP contribution is -2.65. The van der Waals surface area contributed by atoms with E-state index in [9.17, 15) is 9.59 Å². The number of hydrogen-bond donors (Lipinski definition) is 0. The van der Waals surface area contributed by atoms with Gasteiger partial charge in [0, 0.05) is 11.8 Å². The van der Waals surface area contributed by atoms with Crippen molar-refractivity contribution in [3.05, 3.63) is 47.5 Å². The molecule has 0 spiro atoms. The minimum absolute atomic E-state index is 0.0403. The van der Waals surface area contributed by atoms with Gasteiger partial charge in [-0.2, -0.15) is 0 Å². The van der Waals surface area contributed by atoms with Crippen molar-refractivity contribution in [1.82, 2.24) is 0 Å². The van der Waals surface area contributed by atoms with E-state index >= 15 is 0 Å². The third-order valence-electron chi connectivity index (χ3n) is 14.4. The monoisotopic (exact) mass is 544 g/mol. The third-order valence-corrected chi connectivity index (χ3v) is 14.4. The SMILES string of the molecule is C[C@H]1[C@H](C)CC[C@]2(C(=O)OCc3ccccc3)CC[C@]3(C)C(=CC[C@@H]4[C@@]5(C)CCC(=O)C(C)(C)C5CC[C@]43C)[C@H]12. The highest BCUT2D eigenvalue weighted by Gasteiger charge is 2.69. The molecule has 1 unspecified atom stereocenters. The Labute approximate surface area is 242 Å². The summed E-state index contributed by atoms with van der Waals surface area (Å²) in [5, 5.41) is 0. The van der Waals surface area contributed by atoms with E-state index < -0.39 is 5.41 Å². The van der Waals surface area contributed by atoms with Gasteiger partial charge in [0.05, 0.1) is 5.41 Å². The number of Topliss-reactive ketones (excluding diaryl/α,β-unsaturated/α-hetero) is 1. The van der Waals surface area contributed by atoms with Gasteiger partial charge in [0.15, 0.2) is 0 Å². The van der Waals surface area contributed by atoms with Gasteiger partial charge < -0.3 is 4.74 Å². The fourth-order valence-corrected chi connectivity index (χ4v) is 11.5. The van der Waals surface area contributed by atoms with E-state index in [1.807, 2.05) is 30.3 Å². The molecule has 5 aliphatic rings. The predicted molar refractivity (Wildman–Crippen MR) is 160 cm³/mol. The van der Waals surface area contributed by atoms with E-state index in [2.05, 4.69) is 54.5 Å². The quantitative estimate of drug-likeness (QED) is 0.282. The molecular formula is C37H52O3. The summed E-state index contributed by atoms with van der Waals surface area (Å²) in [4.78, 5) is 27.2. The van der Waals surface area contributed by atoms with Gasteiger partial charge in [0.2, 0.25) is 0 Å². The fraction of sp³-hybridized carbons (Fsp3) is 0.730. The Morgan fingerprint density at radius 2 is 1.62 bits per heavy atom. The van der Waals surface area contributed by atoms with Crippen molar-refractivity contribution in [2.75, 3.05) is 0 Å². The molecule has 0 aromatic heterocycles. The van der Waals surface area contributed by atoms with Crippen LogP contribution in [0.2, 0.25) is 0 Å². The number of carbonyl (C=O) groups excluding carboxylic acids is 2. The van der Waals surface area contributed by atoms with Gasteiger partial charge in [-0.05, 0) is 103 Å².